The predicted molar refractivity (Wildman–Crippen MR) is 144 cm³/mol. The van der Waals surface area contributed by atoms with E-state index >= 15 is 0 Å². The Morgan fingerprint density at radius 2 is 1.78 bits per heavy atom. The summed E-state index contributed by atoms with van der Waals surface area (Å²) in [5.74, 6) is 2.14. The molecule has 11 atom stereocenters. The van der Waals surface area contributed by atoms with Crippen molar-refractivity contribution in [3.05, 3.63) is 23.8 Å². The molecule has 0 aromatic heterocycles. The van der Waals surface area contributed by atoms with Crippen molar-refractivity contribution in [2.45, 2.75) is 118 Å². The predicted octanol–water partition coefficient (Wildman–Crippen LogP) is 6.92. The van der Waals surface area contributed by atoms with Crippen LogP contribution in [-0.4, -0.2) is 43.4 Å². The molecule has 4 heteroatoms. The van der Waals surface area contributed by atoms with Gasteiger partial charge in [0.05, 0.1) is 12.2 Å². The van der Waals surface area contributed by atoms with Crippen molar-refractivity contribution < 1.29 is 19.3 Å². The van der Waals surface area contributed by atoms with Gasteiger partial charge in [-0.3, -0.25) is 0 Å². The summed E-state index contributed by atoms with van der Waals surface area (Å²) in [6.45, 7) is 16.4. The molecule has 0 amide bonds. The Morgan fingerprint density at radius 3 is 2.42 bits per heavy atom. The Balaban J connectivity index is 1.52. The third-order valence-electron chi connectivity index (χ3n) is 12.8. The lowest BCUT2D eigenvalue weighted by Crippen LogP contribution is -2.65. The smallest absolute Gasteiger partial charge is 0.164 e. The zero-order chi connectivity index (χ0) is 26.3. The Bertz CT molecular complexity index is 919. The third kappa shape index (κ3) is 3.20. The van der Waals surface area contributed by atoms with Crippen molar-refractivity contribution in [3.8, 4) is 0 Å². The monoisotopic (exact) mass is 500 g/mol. The fourth-order valence-electron chi connectivity index (χ4n) is 10.6. The van der Waals surface area contributed by atoms with E-state index < -0.39 is 5.60 Å². The molecule has 1 unspecified atom stereocenters. The largest absolute Gasteiger partial charge is 0.392 e. The Kier molecular flexibility index (Phi) is 6.48. The van der Waals surface area contributed by atoms with Crippen LogP contribution >= 0.6 is 0 Å². The van der Waals surface area contributed by atoms with Gasteiger partial charge in [-0.1, -0.05) is 58.4 Å². The molecule has 1 aliphatic heterocycles. The van der Waals surface area contributed by atoms with Gasteiger partial charge in [-0.15, -0.1) is 0 Å². The summed E-state index contributed by atoms with van der Waals surface area (Å²) in [5, 5.41) is 11.1. The zero-order valence-electron chi connectivity index (χ0n) is 24.4. The number of aliphatic hydroxyl groups is 1. The third-order valence-corrected chi connectivity index (χ3v) is 12.8. The van der Waals surface area contributed by atoms with E-state index in [9.17, 15) is 5.11 Å². The lowest BCUT2D eigenvalue weighted by atomic mass is 9.38. The van der Waals surface area contributed by atoms with Crippen LogP contribution in [0.1, 0.15) is 93.4 Å². The highest BCUT2D eigenvalue weighted by Gasteiger charge is 2.78. The van der Waals surface area contributed by atoms with Crippen molar-refractivity contribution in [1.29, 1.82) is 0 Å². The molecule has 4 fully saturated rings. The van der Waals surface area contributed by atoms with Crippen LogP contribution in [0.3, 0.4) is 0 Å². The quantitative estimate of drug-likeness (QED) is 0.402. The maximum Gasteiger partial charge on any atom is 0.164 e. The van der Waals surface area contributed by atoms with E-state index in [1.807, 2.05) is 14.2 Å². The molecule has 4 nitrogen and oxygen atoms in total. The van der Waals surface area contributed by atoms with Gasteiger partial charge in [0.15, 0.2) is 6.29 Å². The molecule has 0 aromatic carbocycles. The molecule has 0 radical (unpaired) electrons. The van der Waals surface area contributed by atoms with Crippen molar-refractivity contribution in [3.63, 3.8) is 0 Å². The Hall–Kier alpha value is -0.680. The second-order valence-electron chi connectivity index (χ2n) is 14.5. The lowest BCUT2D eigenvalue weighted by molar-refractivity contribution is -0.225. The zero-order valence-corrected chi connectivity index (χ0v) is 24.4. The summed E-state index contributed by atoms with van der Waals surface area (Å²) in [6.07, 6.45) is 14.8. The van der Waals surface area contributed by atoms with Crippen LogP contribution in [0.2, 0.25) is 0 Å². The van der Waals surface area contributed by atoms with E-state index in [1.54, 1.807) is 0 Å². The molecule has 1 saturated heterocycles. The van der Waals surface area contributed by atoms with Gasteiger partial charge < -0.3 is 19.3 Å². The Labute approximate surface area is 220 Å². The first-order valence-corrected chi connectivity index (χ1v) is 14.6. The van der Waals surface area contributed by atoms with Crippen LogP contribution in [0.25, 0.3) is 0 Å². The molecule has 5 rings (SSSR count). The van der Waals surface area contributed by atoms with Gasteiger partial charge in [-0.05, 0) is 87.4 Å². The molecule has 1 heterocycles. The van der Waals surface area contributed by atoms with Crippen LogP contribution in [-0.2, 0) is 14.2 Å². The maximum atomic E-state index is 11.1. The molecule has 1 spiro atoms. The average Bonchev–Trinajstić information content (AvgIpc) is 3.19. The van der Waals surface area contributed by atoms with Gasteiger partial charge in [0.25, 0.3) is 0 Å². The Morgan fingerprint density at radius 1 is 1.06 bits per heavy atom. The minimum atomic E-state index is -0.437. The van der Waals surface area contributed by atoms with Crippen molar-refractivity contribution in [1.82, 2.24) is 0 Å². The van der Waals surface area contributed by atoms with Gasteiger partial charge in [0.1, 0.15) is 5.60 Å². The number of methoxy groups -OCH3 is 2. The number of hydrogen-bond acceptors (Lipinski definition) is 4. The number of fused-ring (bicyclic) bond motifs is 2. The first-order valence-electron chi connectivity index (χ1n) is 14.6. The molecule has 2 bridgehead atoms. The van der Waals surface area contributed by atoms with Gasteiger partial charge in [0, 0.05) is 31.0 Å². The summed E-state index contributed by atoms with van der Waals surface area (Å²) in [5.41, 5.74) is 1.04. The number of ether oxygens (including phenoxy) is 3. The first kappa shape index (κ1) is 26.9. The molecule has 4 aliphatic carbocycles. The summed E-state index contributed by atoms with van der Waals surface area (Å²) in [7, 11) is 3.70. The topological polar surface area (TPSA) is 47.9 Å². The van der Waals surface area contributed by atoms with Crippen LogP contribution < -0.4 is 0 Å². The first-order chi connectivity index (χ1) is 16.8. The van der Waals surface area contributed by atoms with Gasteiger partial charge >= 0.3 is 0 Å². The standard InChI is InChI=1S/C32H52O4/c1-20(2)18-22(34-8)19-21(3)23-12-14-30(7)24-13-15-32-25(10-11-26(33)28(32,4)5)31(24,27(35-9)36-32)17-16-29(23,30)6/h13,15,18,21-27,33H,10-12,14,16-17,19H2,1-9H3/t21-,22+,23-,24+,25+,26+,27+,29-,30+,31?,32-/m1/s1. The van der Waals surface area contributed by atoms with E-state index in [4.69, 9.17) is 14.2 Å². The number of allylic oxidation sites excluding steroid dienone is 2. The van der Waals surface area contributed by atoms with Crippen molar-refractivity contribution >= 4 is 0 Å². The summed E-state index contributed by atoms with van der Waals surface area (Å²) in [6, 6.07) is 0. The molecule has 204 valence electrons. The van der Waals surface area contributed by atoms with Crippen LogP contribution in [0.4, 0.5) is 0 Å². The summed E-state index contributed by atoms with van der Waals surface area (Å²) in [4.78, 5) is 0. The van der Waals surface area contributed by atoms with Crippen LogP contribution in [0, 0.1) is 45.3 Å². The summed E-state index contributed by atoms with van der Waals surface area (Å²) >= 11 is 0. The minimum absolute atomic E-state index is 0.00950. The second-order valence-corrected chi connectivity index (χ2v) is 14.5. The average molecular weight is 501 g/mol. The molecule has 36 heavy (non-hydrogen) atoms. The van der Waals surface area contributed by atoms with Gasteiger partial charge in [-0.25, -0.2) is 0 Å². The van der Waals surface area contributed by atoms with E-state index in [0.29, 0.717) is 23.7 Å². The lowest BCUT2D eigenvalue weighted by Gasteiger charge is -2.65. The van der Waals surface area contributed by atoms with Crippen LogP contribution in [0.5, 0.6) is 0 Å². The van der Waals surface area contributed by atoms with Gasteiger partial charge in [0.2, 0.25) is 0 Å². The molecule has 0 aromatic rings. The minimum Gasteiger partial charge on any atom is -0.392 e. The number of rotatable bonds is 6. The molecule has 1 N–H and O–H groups in total. The van der Waals surface area contributed by atoms with Crippen molar-refractivity contribution in [2.24, 2.45) is 45.3 Å². The van der Waals surface area contributed by atoms with E-state index in [1.165, 1.54) is 24.8 Å². The highest BCUT2D eigenvalue weighted by Crippen LogP contribution is 2.78. The molecule has 3 saturated carbocycles. The summed E-state index contributed by atoms with van der Waals surface area (Å²) < 4.78 is 19.1. The number of aliphatic hydroxyl groups excluding tert-OH is 1. The van der Waals surface area contributed by atoms with Gasteiger partial charge in [-0.2, -0.15) is 0 Å². The van der Waals surface area contributed by atoms with Crippen LogP contribution in [0.15, 0.2) is 23.8 Å². The van der Waals surface area contributed by atoms with E-state index in [-0.39, 0.29) is 40.2 Å². The van der Waals surface area contributed by atoms with E-state index in [0.717, 1.165) is 25.7 Å². The molecule has 5 aliphatic rings. The fraction of sp³-hybridized carbons (Fsp3) is 0.875. The SMILES string of the molecule is CO[C@H]1O[C@]23C=C[C@@H]4C1(CC[C@]1(C)[C@@H]([C@H](C)C[C@H](C=C(C)C)OC)CC[C@@]41C)[C@@H]2CC[C@H](O)C3(C)C. The van der Waals surface area contributed by atoms with Crippen molar-refractivity contribution in [2.75, 3.05) is 14.2 Å². The fourth-order valence-corrected chi connectivity index (χ4v) is 10.6. The second kappa shape index (κ2) is 8.66. The van der Waals surface area contributed by atoms with E-state index in [2.05, 4.69) is 66.7 Å². The highest BCUT2D eigenvalue weighted by molar-refractivity contribution is 5.34. The normalized spacial score (nSPS) is 50.1. The highest BCUT2D eigenvalue weighted by atomic mass is 16.7. The maximum absolute atomic E-state index is 11.1. The molecular weight excluding hydrogens is 448 g/mol. The number of hydrogen-bond donors (Lipinski definition) is 1. The molecular formula is C32H52O4.